The van der Waals surface area contributed by atoms with E-state index in [0.717, 1.165) is 24.8 Å². The summed E-state index contributed by atoms with van der Waals surface area (Å²) in [5.41, 5.74) is 5.56. The maximum atomic E-state index is 12.9. The van der Waals surface area contributed by atoms with E-state index in [1.165, 1.54) is 31.2 Å². The van der Waals surface area contributed by atoms with Crippen LogP contribution in [0.4, 0.5) is 0 Å². The summed E-state index contributed by atoms with van der Waals surface area (Å²) >= 11 is 0. The highest BCUT2D eigenvalue weighted by molar-refractivity contribution is 5.95. The molecule has 21 heavy (non-hydrogen) atoms. The number of piperidine rings is 1. The minimum absolute atomic E-state index is 0.255. The first kappa shape index (κ1) is 13.1. The molecule has 2 heterocycles. The third-order valence-corrected chi connectivity index (χ3v) is 5.43. The molecule has 2 nitrogen and oxygen atoms in total. The van der Waals surface area contributed by atoms with E-state index in [9.17, 15) is 4.79 Å². The van der Waals surface area contributed by atoms with Crippen molar-refractivity contribution in [2.45, 2.75) is 64.0 Å². The van der Waals surface area contributed by atoms with Gasteiger partial charge >= 0.3 is 0 Å². The van der Waals surface area contributed by atoms with Crippen molar-refractivity contribution in [1.82, 2.24) is 4.90 Å². The second-order valence-electron chi connectivity index (χ2n) is 6.76. The van der Waals surface area contributed by atoms with Crippen molar-refractivity contribution >= 4 is 5.91 Å². The smallest absolute Gasteiger partial charge is 0.254 e. The molecule has 4 rings (SSSR count). The third-order valence-electron chi connectivity index (χ3n) is 5.43. The van der Waals surface area contributed by atoms with Gasteiger partial charge in [-0.15, -0.1) is 0 Å². The van der Waals surface area contributed by atoms with Gasteiger partial charge in [0.2, 0.25) is 0 Å². The van der Waals surface area contributed by atoms with Crippen LogP contribution in [0.3, 0.4) is 0 Å². The Morgan fingerprint density at radius 2 is 1.67 bits per heavy atom. The lowest BCUT2D eigenvalue weighted by Crippen LogP contribution is -2.44. The normalized spacial score (nSPS) is 27.2. The van der Waals surface area contributed by atoms with Gasteiger partial charge in [0.1, 0.15) is 0 Å². The Morgan fingerprint density at radius 1 is 1.05 bits per heavy atom. The number of fused-ring (bicyclic) bond motifs is 2. The molecule has 1 saturated carbocycles. The number of amides is 1. The van der Waals surface area contributed by atoms with Crippen molar-refractivity contribution < 1.29 is 4.79 Å². The van der Waals surface area contributed by atoms with Crippen LogP contribution in [0.5, 0.6) is 0 Å². The first-order valence-electron chi connectivity index (χ1n) is 8.37. The van der Waals surface area contributed by atoms with Crippen LogP contribution in [0.1, 0.15) is 61.4 Å². The van der Waals surface area contributed by atoms with Crippen LogP contribution in [-0.4, -0.2) is 22.9 Å². The molecule has 2 unspecified atom stereocenters. The zero-order valence-corrected chi connectivity index (χ0v) is 12.8. The van der Waals surface area contributed by atoms with E-state index in [2.05, 4.69) is 24.0 Å². The van der Waals surface area contributed by atoms with Gasteiger partial charge in [0.25, 0.3) is 5.91 Å². The molecule has 0 radical (unpaired) electrons. The minimum Gasteiger partial charge on any atom is -0.332 e. The molecule has 1 aromatic carbocycles. The zero-order chi connectivity index (χ0) is 14.4. The third kappa shape index (κ3) is 2.31. The average molecular weight is 281 g/mol. The Kier molecular flexibility index (Phi) is 3.13. The molecule has 0 aromatic heterocycles. The lowest BCUT2D eigenvalue weighted by atomic mass is 9.95. The van der Waals surface area contributed by atoms with Crippen molar-refractivity contribution in [1.29, 1.82) is 0 Å². The highest BCUT2D eigenvalue weighted by Crippen LogP contribution is 2.45. The summed E-state index contributed by atoms with van der Waals surface area (Å²) in [4.78, 5) is 15.1. The Hall–Kier alpha value is -1.57. The molecule has 2 bridgehead atoms. The number of nitrogens with zero attached hydrogens (tertiary/aromatic N) is 1. The molecular weight excluding hydrogens is 258 g/mol. The van der Waals surface area contributed by atoms with Gasteiger partial charge in [-0.2, -0.15) is 0 Å². The van der Waals surface area contributed by atoms with E-state index in [4.69, 9.17) is 0 Å². The molecule has 3 fully saturated rings. The predicted octanol–water partition coefficient (Wildman–Crippen LogP) is 4.11. The van der Waals surface area contributed by atoms with Crippen molar-refractivity contribution in [3.63, 3.8) is 0 Å². The summed E-state index contributed by atoms with van der Waals surface area (Å²) in [6.07, 6.45) is 8.35. The fraction of sp³-hybridized carbons (Fsp3) is 0.526. The topological polar surface area (TPSA) is 20.3 Å². The Balaban J connectivity index is 1.56. The highest BCUT2D eigenvalue weighted by atomic mass is 16.2. The summed E-state index contributed by atoms with van der Waals surface area (Å²) in [6, 6.07) is 9.13. The summed E-state index contributed by atoms with van der Waals surface area (Å²) in [5, 5.41) is 0. The van der Waals surface area contributed by atoms with Crippen LogP contribution in [0, 0.1) is 0 Å². The van der Waals surface area contributed by atoms with Crippen molar-refractivity contribution in [3.05, 3.63) is 46.5 Å². The minimum atomic E-state index is 0.255. The van der Waals surface area contributed by atoms with E-state index in [1.54, 1.807) is 11.1 Å². The number of hydrogen-bond donors (Lipinski definition) is 0. The van der Waals surface area contributed by atoms with Gasteiger partial charge < -0.3 is 4.90 Å². The fourth-order valence-electron chi connectivity index (χ4n) is 4.08. The molecule has 2 heteroatoms. The molecule has 1 aliphatic carbocycles. The van der Waals surface area contributed by atoms with E-state index >= 15 is 0 Å². The molecule has 2 aliphatic heterocycles. The quantitative estimate of drug-likeness (QED) is 0.747. The lowest BCUT2D eigenvalue weighted by Gasteiger charge is -2.36. The molecular formula is C19H23NO. The molecule has 0 spiro atoms. The van der Waals surface area contributed by atoms with Crippen LogP contribution in [0.15, 0.2) is 35.4 Å². The van der Waals surface area contributed by atoms with Gasteiger partial charge in [0.05, 0.1) is 0 Å². The second kappa shape index (κ2) is 5.01. The molecule has 3 aliphatic rings. The fourth-order valence-corrected chi connectivity index (χ4v) is 4.08. The number of aryl methyl sites for hydroxylation is 1. The summed E-state index contributed by atoms with van der Waals surface area (Å²) in [6.45, 7) is 2.15. The maximum Gasteiger partial charge on any atom is 0.254 e. The Morgan fingerprint density at radius 3 is 2.19 bits per heavy atom. The molecule has 0 N–H and O–H groups in total. The Bertz CT molecular complexity index is 576. The zero-order valence-electron chi connectivity index (χ0n) is 12.8. The van der Waals surface area contributed by atoms with Crippen molar-refractivity contribution in [2.75, 3.05) is 0 Å². The van der Waals surface area contributed by atoms with Gasteiger partial charge in [-0.05, 0) is 62.6 Å². The Labute approximate surface area is 126 Å². The van der Waals surface area contributed by atoms with Crippen LogP contribution < -0.4 is 0 Å². The predicted molar refractivity (Wildman–Crippen MR) is 84.3 cm³/mol. The van der Waals surface area contributed by atoms with Crippen LogP contribution in [0.25, 0.3) is 0 Å². The van der Waals surface area contributed by atoms with Crippen LogP contribution in [-0.2, 0) is 6.42 Å². The van der Waals surface area contributed by atoms with E-state index in [-0.39, 0.29) is 5.91 Å². The van der Waals surface area contributed by atoms with Gasteiger partial charge in [0.15, 0.2) is 0 Å². The average Bonchev–Trinajstić information content (AvgIpc) is 3.33. The number of benzene rings is 1. The highest BCUT2D eigenvalue weighted by Gasteiger charge is 2.42. The molecule has 1 amide bonds. The van der Waals surface area contributed by atoms with Gasteiger partial charge in [0, 0.05) is 17.6 Å². The number of allylic oxidation sites excluding steroid dienone is 1. The summed E-state index contributed by atoms with van der Waals surface area (Å²) in [5.74, 6) is 0.255. The lowest BCUT2D eigenvalue weighted by molar-refractivity contribution is 0.0634. The monoisotopic (exact) mass is 281 g/mol. The summed E-state index contributed by atoms with van der Waals surface area (Å²) < 4.78 is 0. The first-order chi connectivity index (χ1) is 10.3. The number of carbonyl (C=O) groups is 1. The molecule has 110 valence electrons. The largest absolute Gasteiger partial charge is 0.332 e. The summed E-state index contributed by atoms with van der Waals surface area (Å²) in [7, 11) is 0. The number of rotatable bonds is 2. The van der Waals surface area contributed by atoms with Crippen molar-refractivity contribution in [2.24, 2.45) is 0 Å². The SMILES string of the molecule is CCc1ccc(C(=O)N2C3CCC2CC(=C2CC2)C3)cc1. The standard InChI is InChI=1S/C19H23NO/c1-2-13-3-5-15(6-4-13)19(21)20-17-9-10-18(20)12-16(11-17)14-7-8-14/h3-6,17-18H,2,7-12H2,1H3. The maximum absolute atomic E-state index is 12.9. The van der Waals surface area contributed by atoms with Gasteiger partial charge in [-0.1, -0.05) is 30.2 Å². The first-order valence-corrected chi connectivity index (χ1v) is 8.37. The number of hydrogen-bond acceptors (Lipinski definition) is 1. The van der Waals surface area contributed by atoms with E-state index in [1.807, 2.05) is 12.1 Å². The van der Waals surface area contributed by atoms with Crippen molar-refractivity contribution in [3.8, 4) is 0 Å². The van der Waals surface area contributed by atoms with Crippen LogP contribution in [0.2, 0.25) is 0 Å². The second-order valence-corrected chi connectivity index (χ2v) is 6.76. The van der Waals surface area contributed by atoms with E-state index in [0.29, 0.717) is 12.1 Å². The molecule has 1 aromatic rings. The van der Waals surface area contributed by atoms with Crippen LogP contribution >= 0.6 is 0 Å². The van der Waals surface area contributed by atoms with E-state index < -0.39 is 0 Å². The van der Waals surface area contributed by atoms with Gasteiger partial charge in [-0.25, -0.2) is 0 Å². The number of carbonyl (C=O) groups excluding carboxylic acids is 1. The van der Waals surface area contributed by atoms with Gasteiger partial charge in [-0.3, -0.25) is 4.79 Å². The molecule has 2 saturated heterocycles. The molecule has 2 atom stereocenters.